The molecular weight excluding hydrogens is 312 g/mol. The maximum absolute atomic E-state index is 13.2. The van der Waals surface area contributed by atoms with Crippen molar-refractivity contribution < 1.29 is 4.39 Å². The smallest absolute Gasteiger partial charge is 0.225 e. The van der Waals surface area contributed by atoms with Gasteiger partial charge < -0.3 is 0 Å². The van der Waals surface area contributed by atoms with E-state index in [-0.39, 0.29) is 10.3 Å². The Hall–Kier alpha value is -1.91. The van der Waals surface area contributed by atoms with Gasteiger partial charge in [0.2, 0.25) is 5.28 Å². The molecule has 106 valence electrons. The zero-order valence-electron chi connectivity index (χ0n) is 10.8. The quantitative estimate of drug-likeness (QED) is 0.714. The predicted octanol–water partition coefficient (Wildman–Crippen LogP) is 4.44. The molecule has 0 unspecified atom stereocenters. The van der Waals surface area contributed by atoms with Crippen molar-refractivity contribution in [2.24, 2.45) is 0 Å². The van der Waals surface area contributed by atoms with Gasteiger partial charge in [-0.1, -0.05) is 48.0 Å². The number of nitrogens with zero attached hydrogens (tertiary/aromatic N) is 3. The van der Waals surface area contributed by atoms with Crippen LogP contribution >= 0.6 is 23.2 Å². The van der Waals surface area contributed by atoms with Gasteiger partial charge in [0.05, 0.1) is 11.6 Å². The molecule has 0 saturated carbocycles. The first-order valence-electron chi connectivity index (χ1n) is 6.23. The van der Waals surface area contributed by atoms with Gasteiger partial charge in [-0.3, -0.25) is 4.57 Å². The van der Waals surface area contributed by atoms with Crippen LogP contribution in [0, 0.1) is 5.82 Å². The standard InChI is InChI=1S/C15H10Cl2FN3/c16-12-8-10(6-7-13(12)18)9-21-14(19-20-15(21)17)11-4-2-1-3-5-11/h1-8H,9H2. The summed E-state index contributed by atoms with van der Waals surface area (Å²) in [4.78, 5) is 0. The molecule has 0 atom stereocenters. The van der Waals surface area contributed by atoms with Gasteiger partial charge in [0.1, 0.15) is 5.82 Å². The molecule has 3 nitrogen and oxygen atoms in total. The van der Waals surface area contributed by atoms with Gasteiger partial charge >= 0.3 is 0 Å². The van der Waals surface area contributed by atoms with Crippen LogP contribution < -0.4 is 0 Å². The third-order valence-corrected chi connectivity index (χ3v) is 3.63. The molecule has 3 rings (SSSR count). The first kappa shape index (κ1) is 14.0. The molecule has 21 heavy (non-hydrogen) atoms. The number of hydrogen-bond acceptors (Lipinski definition) is 2. The number of rotatable bonds is 3. The molecule has 0 amide bonds. The third-order valence-electron chi connectivity index (χ3n) is 3.06. The Kier molecular flexibility index (Phi) is 3.90. The van der Waals surface area contributed by atoms with E-state index in [1.165, 1.54) is 6.07 Å². The lowest BCUT2D eigenvalue weighted by Crippen LogP contribution is -2.03. The molecule has 0 aliphatic rings. The fourth-order valence-corrected chi connectivity index (χ4v) is 2.43. The Morgan fingerprint density at radius 1 is 1.00 bits per heavy atom. The number of hydrogen-bond donors (Lipinski definition) is 0. The lowest BCUT2D eigenvalue weighted by Gasteiger charge is -2.08. The Balaban J connectivity index is 1.99. The van der Waals surface area contributed by atoms with E-state index >= 15 is 0 Å². The van der Waals surface area contributed by atoms with E-state index in [9.17, 15) is 4.39 Å². The maximum atomic E-state index is 13.2. The van der Waals surface area contributed by atoms with E-state index in [0.717, 1.165) is 11.1 Å². The molecule has 6 heteroatoms. The third kappa shape index (κ3) is 2.91. The van der Waals surface area contributed by atoms with Crippen LogP contribution in [0.15, 0.2) is 48.5 Å². The van der Waals surface area contributed by atoms with Gasteiger partial charge in [0, 0.05) is 5.56 Å². The molecule has 0 spiro atoms. The van der Waals surface area contributed by atoms with E-state index in [1.807, 2.05) is 30.3 Å². The molecule has 2 aromatic carbocycles. The second kappa shape index (κ2) is 5.84. The molecule has 1 heterocycles. The van der Waals surface area contributed by atoms with Gasteiger partial charge in [-0.05, 0) is 29.3 Å². The van der Waals surface area contributed by atoms with Crippen molar-refractivity contribution >= 4 is 23.2 Å². The van der Waals surface area contributed by atoms with Gasteiger partial charge in [0.25, 0.3) is 0 Å². The van der Waals surface area contributed by atoms with E-state index in [4.69, 9.17) is 23.2 Å². The van der Waals surface area contributed by atoms with E-state index in [0.29, 0.717) is 12.4 Å². The summed E-state index contributed by atoms with van der Waals surface area (Å²) in [6.45, 7) is 0.413. The highest BCUT2D eigenvalue weighted by atomic mass is 35.5. The fourth-order valence-electron chi connectivity index (χ4n) is 2.05. The zero-order valence-corrected chi connectivity index (χ0v) is 12.3. The van der Waals surface area contributed by atoms with Crippen molar-refractivity contribution in [3.63, 3.8) is 0 Å². The molecule has 0 fully saturated rings. The predicted molar refractivity (Wildman–Crippen MR) is 81.0 cm³/mol. The Morgan fingerprint density at radius 2 is 1.76 bits per heavy atom. The second-order valence-electron chi connectivity index (χ2n) is 4.49. The van der Waals surface area contributed by atoms with Crippen LogP contribution in [0.3, 0.4) is 0 Å². The van der Waals surface area contributed by atoms with E-state index in [1.54, 1.807) is 16.7 Å². The largest absolute Gasteiger partial charge is 0.293 e. The molecule has 3 aromatic rings. The molecule has 0 bridgehead atoms. The summed E-state index contributed by atoms with van der Waals surface area (Å²) in [5, 5.41) is 8.35. The lowest BCUT2D eigenvalue weighted by molar-refractivity contribution is 0.627. The van der Waals surface area contributed by atoms with Crippen LogP contribution in [0.4, 0.5) is 4.39 Å². The van der Waals surface area contributed by atoms with Crippen molar-refractivity contribution in [1.82, 2.24) is 14.8 Å². The van der Waals surface area contributed by atoms with Crippen molar-refractivity contribution in [1.29, 1.82) is 0 Å². The van der Waals surface area contributed by atoms with Crippen LogP contribution in [0.25, 0.3) is 11.4 Å². The summed E-state index contributed by atoms with van der Waals surface area (Å²) in [5.41, 5.74) is 1.73. The fraction of sp³-hybridized carbons (Fsp3) is 0.0667. The minimum absolute atomic E-state index is 0.0814. The molecular formula is C15H10Cl2FN3. The maximum Gasteiger partial charge on any atom is 0.225 e. The highest BCUT2D eigenvalue weighted by Crippen LogP contribution is 2.23. The SMILES string of the molecule is Fc1ccc(Cn2c(Cl)nnc2-c2ccccc2)cc1Cl. The Morgan fingerprint density at radius 3 is 2.48 bits per heavy atom. The van der Waals surface area contributed by atoms with Gasteiger partial charge in [-0.15, -0.1) is 10.2 Å². The Bertz CT molecular complexity index is 772. The van der Waals surface area contributed by atoms with Crippen LogP contribution in [0.2, 0.25) is 10.3 Å². The lowest BCUT2D eigenvalue weighted by atomic mass is 10.2. The van der Waals surface area contributed by atoms with Crippen molar-refractivity contribution in [3.05, 3.63) is 70.2 Å². The monoisotopic (exact) mass is 321 g/mol. The average Bonchev–Trinajstić information content (AvgIpc) is 2.85. The van der Waals surface area contributed by atoms with Crippen LogP contribution in [-0.4, -0.2) is 14.8 Å². The van der Waals surface area contributed by atoms with Crippen LogP contribution in [-0.2, 0) is 6.54 Å². The minimum Gasteiger partial charge on any atom is -0.293 e. The first-order valence-corrected chi connectivity index (χ1v) is 6.99. The van der Waals surface area contributed by atoms with Crippen molar-refractivity contribution in [3.8, 4) is 11.4 Å². The molecule has 0 N–H and O–H groups in total. The average molecular weight is 322 g/mol. The molecule has 0 aliphatic heterocycles. The molecule has 0 radical (unpaired) electrons. The number of aromatic nitrogens is 3. The van der Waals surface area contributed by atoms with Crippen LogP contribution in [0.5, 0.6) is 0 Å². The van der Waals surface area contributed by atoms with Gasteiger partial charge in [-0.2, -0.15) is 0 Å². The van der Waals surface area contributed by atoms with Gasteiger partial charge in [-0.25, -0.2) is 4.39 Å². The number of benzene rings is 2. The van der Waals surface area contributed by atoms with Crippen LogP contribution in [0.1, 0.15) is 5.56 Å². The summed E-state index contributed by atoms with van der Waals surface area (Å²) >= 11 is 11.9. The minimum atomic E-state index is -0.446. The van der Waals surface area contributed by atoms with Crippen molar-refractivity contribution in [2.45, 2.75) is 6.54 Å². The summed E-state index contributed by atoms with van der Waals surface area (Å²) in [5.74, 6) is 0.208. The number of halogens is 3. The van der Waals surface area contributed by atoms with E-state index < -0.39 is 5.82 Å². The van der Waals surface area contributed by atoms with E-state index in [2.05, 4.69) is 10.2 Å². The topological polar surface area (TPSA) is 30.7 Å². The highest BCUT2D eigenvalue weighted by molar-refractivity contribution is 6.30. The molecule has 0 saturated heterocycles. The summed E-state index contributed by atoms with van der Waals surface area (Å²) in [7, 11) is 0. The summed E-state index contributed by atoms with van der Waals surface area (Å²) in [6.07, 6.45) is 0. The van der Waals surface area contributed by atoms with Crippen molar-refractivity contribution in [2.75, 3.05) is 0 Å². The summed E-state index contributed by atoms with van der Waals surface area (Å²) < 4.78 is 15.0. The normalized spacial score (nSPS) is 10.8. The zero-order chi connectivity index (χ0) is 14.8. The first-order chi connectivity index (χ1) is 10.1. The Labute approximate surface area is 131 Å². The molecule has 0 aliphatic carbocycles. The highest BCUT2D eigenvalue weighted by Gasteiger charge is 2.13. The van der Waals surface area contributed by atoms with Gasteiger partial charge in [0.15, 0.2) is 5.82 Å². The second-order valence-corrected chi connectivity index (χ2v) is 5.24. The summed E-state index contributed by atoms with van der Waals surface area (Å²) in [6, 6.07) is 14.2. The molecule has 1 aromatic heterocycles.